The van der Waals surface area contributed by atoms with E-state index in [9.17, 15) is 4.79 Å². The third-order valence-electron chi connectivity index (χ3n) is 3.51. The van der Waals surface area contributed by atoms with E-state index in [1.54, 1.807) is 6.20 Å². The molecule has 0 saturated heterocycles. The minimum absolute atomic E-state index is 0.179. The highest BCUT2D eigenvalue weighted by molar-refractivity contribution is 5.67. The van der Waals surface area contributed by atoms with Gasteiger partial charge in [0.1, 0.15) is 5.60 Å². The molecule has 0 radical (unpaired) electrons. The number of aromatic amines is 1. The van der Waals surface area contributed by atoms with E-state index >= 15 is 0 Å². The largest absolute Gasteiger partial charge is 0.444 e. The number of alkyl carbamates (subject to hydrolysis) is 1. The van der Waals surface area contributed by atoms with Crippen LogP contribution < -0.4 is 10.6 Å². The monoisotopic (exact) mass is 294 g/mol. The van der Waals surface area contributed by atoms with Gasteiger partial charge in [0, 0.05) is 24.8 Å². The molecule has 1 aliphatic rings. The molecule has 0 aromatic carbocycles. The molecule has 1 heterocycles. The van der Waals surface area contributed by atoms with Crippen LogP contribution in [0.25, 0.3) is 0 Å². The Labute approximate surface area is 126 Å². The van der Waals surface area contributed by atoms with Crippen LogP contribution in [0.2, 0.25) is 0 Å². The van der Waals surface area contributed by atoms with Crippen molar-refractivity contribution in [2.45, 2.75) is 58.2 Å². The Morgan fingerprint density at radius 1 is 1.52 bits per heavy atom. The highest BCUT2D eigenvalue weighted by Crippen LogP contribution is 2.33. The second-order valence-corrected chi connectivity index (χ2v) is 6.73. The first-order valence-corrected chi connectivity index (χ1v) is 7.57. The molecular weight excluding hydrogens is 268 g/mol. The molecule has 1 saturated carbocycles. The summed E-state index contributed by atoms with van der Waals surface area (Å²) in [6, 6.07) is 2.40. The molecule has 3 N–H and O–H groups in total. The molecule has 1 aromatic heterocycles. The van der Waals surface area contributed by atoms with E-state index in [4.69, 9.17) is 4.74 Å². The van der Waals surface area contributed by atoms with Crippen molar-refractivity contribution in [2.75, 3.05) is 6.54 Å². The molecule has 6 heteroatoms. The van der Waals surface area contributed by atoms with Crippen LogP contribution >= 0.6 is 0 Å². The van der Waals surface area contributed by atoms with Crippen LogP contribution in [0, 0.1) is 5.92 Å². The van der Waals surface area contributed by atoms with Crippen molar-refractivity contribution >= 4 is 6.09 Å². The van der Waals surface area contributed by atoms with Crippen LogP contribution in [-0.4, -0.2) is 34.5 Å². The van der Waals surface area contributed by atoms with Gasteiger partial charge in [-0.3, -0.25) is 5.10 Å². The fourth-order valence-corrected chi connectivity index (χ4v) is 2.29. The molecule has 1 aromatic rings. The van der Waals surface area contributed by atoms with Gasteiger partial charge in [0.2, 0.25) is 0 Å². The first kappa shape index (κ1) is 15.8. The number of hydrogen-bond donors (Lipinski definition) is 3. The van der Waals surface area contributed by atoms with Crippen LogP contribution in [0.15, 0.2) is 12.3 Å². The average molecular weight is 294 g/mol. The molecule has 0 aliphatic heterocycles. The van der Waals surface area contributed by atoms with Gasteiger partial charge in [0.15, 0.2) is 0 Å². The third-order valence-corrected chi connectivity index (χ3v) is 3.51. The van der Waals surface area contributed by atoms with Gasteiger partial charge < -0.3 is 15.4 Å². The van der Waals surface area contributed by atoms with E-state index < -0.39 is 5.60 Å². The summed E-state index contributed by atoms with van der Waals surface area (Å²) in [4.78, 5) is 11.7. The van der Waals surface area contributed by atoms with Gasteiger partial charge in [-0.05, 0) is 52.5 Å². The van der Waals surface area contributed by atoms with Gasteiger partial charge >= 0.3 is 6.09 Å². The Balaban J connectivity index is 1.81. The van der Waals surface area contributed by atoms with E-state index in [-0.39, 0.29) is 18.2 Å². The molecule has 2 atom stereocenters. The maximum absolute atomic E-state index is 11.7. The number of aromatic nitrogens is 2. The lowest BCUT2D eigenvalue weighted by Crippen LogP contribution is -2.44. The minimum Gasteiger partial charge on any atom is -0.444 e. The number of rotatable bonds is 6. The lowest BCUT2D eigenvalue weighted by Gasteiger charge is -2.24. The van der Waals surface area contributed by atoms with Crippen LogP contribution in [0.5, 0.6) is 0 Å². The molecule has 6 nitrogen and oxygen atoms in total. The summed E-state index contributed by atoms with van der Waals surface area (Å²) in [5, 5.41) is 13.4. The predicted molar refractivity (Wildman–Crippen MR) is 80.9 cm³/mol. The zero-order chi connectivity index (χ0) is 15.5. The zero-order valence-electron chi connectivity index (χ0n) is 13.3. The number of nitrogens with one attached hydrogen (secondary N) is 3. The number of carbonyl (C=O) groups is 1. The van der Waals surface area contributed by atoms with Gasteiger partial charge in [-0.1, -0.05) is 0 Å². The second kappa shape index (κ2) is 6.47. The van der Waals surface area contributed by atoms with Crippen molar-refractivity contribution in [2.24, 2.45) is 5.92 Å². The molecule has 0 bridgehead atoms. The van der Waals surface area contributed by atoms with Crippen LogP contribution in [0.1, 0.15) is 52.3 Å². The van der Waals surface area contributed by atoms with E-state index in [0.29, 0.717) is 12.5 Å². The quantitative estimate of drug-likeness (QED) is 0.752. The van der Waals surface area contributed by atoms with E-state index in [1.807, 2.05) is 26.8 Å². The van der Waals surface area contributed by atoms with Crippen LogP contribution in [-0.2, 0) is 4.74 Å². The fourth-order valence-electron chi connectivity index (χ4n) is 2.29. The van der Waals surface area contributed by atoms with Crippen molar-refractivity contribution in [1.82, 2.24) is 20.8 Å². The Hall–Kier alpha value is -1.56. The molecule has 2 unspecified atom stereocenters. The lowest BCUT2D eigenvalue weighted by atomic mass is 10.1. The van der Waals surface area contributed by atoms with Crippen molar-refractivity contribution in [3.05, 3.63) is 18.0 Å². The lowest BCUT2D eigenvalue weighted by molar-refractivity contribution is 0.0520. The molecule has 21 heavy (non-hydrogen) atoms. The highest BCUT2D eigenvalue weighted by Gasteiger charge is 2.32. The average Bonchev–Trinajstić information content (AvgIpc) is 3.06. The summed E-state index contributed by atoms with van der Waals surface area (Å²) in [7, 11) is 0. The summed E-state index contributed by atoms with van der Waals surface area (Å²) in [5.41, 5.74) is 0.591. The van der Waals surface area contributed by atoms with Gasteiger partial charge in [0.05, 0.1) is 5.69 Å². The topological polar surface area (TPSA) is 79.0 Å². The molecule has 1 aliphatic carbocycles. The maximum Gasteiger partial charge on any atom is 0.407 e. The molecule has 0 spiro atoms. The van der Waals surface area contributed by atoms with Crippen LogP contribution in [0.3, 0.4) is 0 Å². The summed E-state index contributed by atoms with van der Waals surface area (Å²) in [6.45, 7) is 8.27. The predicted octanol–water partition coefficient (Wildman–Crippen LogP) is 2.36. The van der Waals surface area contributed by atoms with Crippen LogP contribution in [0.4, 0.5) is 4.79 Å². The van der Waals surface area contributed by atoms with Crippen molar-refractivity contribution < 1.29 is 9.53 Å². The van der Waals surface area contributed by atoms with E-state index in [2.05, 4.69) is 27.8 Å². The fraction of sp³-hybridized carbons (Fsp3) is 0.733. The summed E-state index contributed by atoms with van der Waals surface area (Å²) >= 11 is 0. The third kappa shape index (κ3) is 5.38. The highest BCUT2D eigenvalue weighted by atomic mass is 16.6. The SMILES string of the molecule is CC(NC(CNC(=O)OC(C)(C)C)C1CC1)c1ccn[nH]1. The molecule has 1 amide bonds. The Morgan fingerprint density at radius 2 is 2.24 bits per heavy atom. The number of H-pyrrole nitrogens is 1. The van der Waals surface area contributed by atoms with Crippen molar-refractivity contribution in [3.63, 3.8) is 0 Å². The summed E-state index contributed by atoms with van der Waals surface area (Å²) < 4.78 is 5.27. The van der Waals surface area contributed by atoms with Gasteiger partial charge in [-0.25, -0.2) is 4.79 Å². The second-order valence-electron chi connectivity index (χ2n) is 6.73. The maximum atomic E-state index is 11.7. The number of ether oxygens (including phenoxy) is 1. The number of nitrogens with zero attached hydrogens (tertiary/aromatic N) is 1. The van der Waals surface area contributed by atoms with Gasteiger partial charge in [0.25, 0.3) is 0 Å². The van der Waals surface area contributed by atoms with Gasteiger partial charge in [-0.15, -0.1) is 0 Å². The first-order chi connectivity index (χ1) is 9.85. The molecule has 1 fully saturated rings. The van der Waals surface area contributed by atoms with Gasteiger partial charge in [-0.2, -0.15) is 5.10 Å². The Bertz CT molecular complexity index is 449. The number of carbonyl (C=O) groups excluding carboxylic acids is 1. The van der Waals surface area contributed by atoms with Crippen molar-refractivity contribution in [3.8, 4) is 0 Å². The van der Waals surface area contributed by atoms with Crippen molar-refractivity contribution in [1.29, 1.82) is 0 Å². The summed E-state index contributed by atoms with van der Waals surface area (Å²) in [5.74, 6) is 0.630. The molecular formula is C15H26N4O2. The molecule has 118 valence electrons. The normalized spacial score (nSPS) is 18.1. The summed E-state index contributed by atoms with van der Waals surface area (Å²) in [6.07, 6.45) is 3.81. The first-order valence-electron chi connectivity index (χ1n) is 7.57. The van der Waals surface area contributed by atoms with E-state index in [0.717, 1.165) is 5.69 Å². The Morgan fingerprint density at radius 3 is 2.76 bits per heavy atom. The number of hydrogen-bond acceptors (Lipinski definition) is 4. The Kier molecular flexibility index (Phi) is 4.88. The molecule has 2 rings (SSSR count). The van der Waals surface area contributed by atoms with E-state index in [1.165, 1.54) is 12.8 Å². The number of amides is 1. The minimum atomic E-state index is -0.463. The zero-order valence-corrected chi connectivity index (χ0v) is 13.3. The standard InChI is InChI=1S/C15H26N4O2/c1-10(12-7-8-17-19-12)18-13(11-5-6-11)9-16-14(20)21-15(2,3)4/h7-8,10-11,13,18H,5-6,9H2,1-4H3,(H,16,20)(H,17,19). The smallest absolute Gasteiger partial charge is 0.407 e.